The summed E-state index contributed by atoms with van der Waals surface area (Å²) in [6.07, 6.45) is -3.31. The summed E-state index contributed by atoms with van der Waals surface area (Å²) in [5.74, 6) is -0.797. The van der Waals surface area contributed by atoms with Crippen molar-refractivity contribution in [3.05, 3.63) is 16.1 Å². The molecule has 0 amide bonds. The van der Waals surface area contributed by atoms with Crippen molar-refractivity contribution in [1.29, 1.82) is 0 Å². The van der Waals surface area contributed by atoms with Gasteiger partial charge in [0.2, 0.25) is 0 Å². The van der Waals surface area contributed by atoms with Crippen molar-refractivity contribution in [2.75, 3.05) is 11.5 Å². The van der Waals surface area contributed by atoms with Crippen LogP contribution in [-0.2, 0) is 16.0 Å². The molecular weight excluding hydrogens is 303 g/mol. The normalized spacial score (nSPS) is 22.6. The Morgan fingerprint density at radius 1 is 1.47 bits per heavy atom. The smallest absolute Gasteiger partial charge is 0.293 e. The Balaban J connectivity index is 2.03. The molecule has 1 aromatic rings. The summed E-state index contributed by atoms with van der Waals surface area (Å²) < 4.78 is 59.4. The molecule has 19 heavy (non-hydrogen) atoms. The number of aromatic nitrogens is 1. The Hall–Kier alpha value is -0.960. The van der Waals surface area contributed by atoms with Gasteiger partial charge in [-0.05, 0) is 12.3 Å². The van der Waals surface area contributed by atoms with Gasteiger partial charge in [-0.15, -0.1) is 11.3 Å². The molecule has 0 aliphatic carbocycles. The minimum absolute atomic E-state index is 0.0429. The number of hydrogen-bond donors (Lipinski definition) is 0. The first-order valence-corrected chi connectivity index (χ1v) is 8.08. The van der Waals surface area contributed by atoms with Crippen LogP contribution in [0.25, 0.3) is 0 Å². The first-order valence-electron chi connectivity index (χ1n) is 5.44. The summed E-state index contributed by atoms with van der Waals surface area (Å²) in [5.41, 5.74) is 0. The summed E-state index contributed by atoms with van der Waals surface area (Å²) in [5, 5.41) is -1.06. The standard InChI is InChI=1S/C10H10F3NO3S2/c11-10(12,13)9-14-4-8(18-9)7(15)3-6-1-2-19(16,17)5-6/h4,6H,1-3,5H2. The Bertz CT molecular complexity index is 591. The summed E-state index contributed by atoms with van der Waals surface area (Å²) >= 11 is 0.296. The highest BCUT2D eigenvalue weighted by molar-refractivity contribution is 7.91. The topological polar surface area (TPSA) is 64.1 Å². The number of hydrogen-bond acceptors (Lipinski definition) is 5. The zero-order valence-corrected chi connectivity index (χ0v) is 11.2. The number of carbonyl (C=O) groups is 1. The zero-order chi connectivity index (χ0) is 14.3. The predicted molar refractivity (Wildman–Crippen MR) is 62.8 cm³/mol. The molecule has 0 radical (unpaired) electrons. The Kier molecular flexibility index (Phi) is 3.69. The maximum atomic E-state index is 12.3. The molecule has 1 fully saturated rings. The molecule has 2 rings (SSSR count). The number of carbonyl (C=O) groups excluding carboxylic acids is 1. The lowest BCUT2D eigenvalue weighted by molar-refractivity contribution is -0.137. The van der Waals surface area contributed by atoms with Gasteiger partial charge in [0.25, 0.3) is 0 Å². The van der Waals surface area contributed by atoms with Crippen LogP contribution < -0.4 is 0 Å². The molecule has 1 saturated heterocycles. The molecule has 9 heteroatoms. The Labute approximate surface area is 111 Å². The molecule has 1 aliphatic heterocycles. The van der Waals surface area contributed by atoms with Gasteiger partial charge in [0.15, 0.2) is 20.6 Å². The second-order valence-electron chi connectivity index (χ2n) is 4.42. The quantitative estimate of drug-likeness (QED) is 0.802. The van der Waals surface area contributed by atoms with Crippen LogP contribution in [-0.4, -0.2) is 30.7 Å². The lowest BCUT2D eigenvalue weighted by Crippen LogP contribution is -2.09. The van der Waals surface area contributed by atoms with Gasteiger partial charge in [0, 0.05) is 12.6 Å². The summed E-state index contributed by atoms with van der Waals surface area (Å²) in [7, 11) is -3.09. The third-order valence-electron chi connectivity index (χ3n) is 2.82. The van der Waals surface area contributed by atoms with Crippen LogP contribution in [0.4, 0.5) is 13.2 Å². The Morgan fingerprint density at radius 3 is 2.63 bits per heavy atom. The van der Waals surface area contributed by atoms with Gasteiger partial charge in [-0.2, -0.15) is 13.2 Å². The summed E-state index contributed by atoms with van der Waals surface area (Å²) in [4.78, 5) is 14.9. The molecule has 1 atom stereocenters. The van der Waals surface area contributed by atoms with E-state index in [4.69, 9.17) is 0 Å². The van der Waals surface area contributed by atoms with Crippen LogP contribution in [0, 0.1) is 5.92 Å². The number of halogens is 3. The zero-order valence-electron chi connectivity index (χ0n) is 9.61. The average molecular weight is 313 g/mol. The number of nitrogens with zero attached hydrogens (tertiary/aromatic N) is 1. The van der Waals surface area contributed by atoms with Crippen LogP contribution >= 0.6 is 11.3 Å². The number of thiazole rings is 1. The highest BCUT2D eigenvalue weighted by Gasteiger charge is 2.36. The van der Waals surface area contributed by atoms with E-state index in [2.05, 4.69) is 4.98 Å². The average Bonchev–Trinajstić information content (AvgIpc) is 2.84. The number of sulfone groups is 1. The van der Waals surface area contributed by atoms with Crippen molar-refractivity contribution in [3.63, 3.8) is 0 Å². The largest absolute Gasteiger partial charge is 0.443 e. The number of alkyl halides is 3. The second kappa shape index (κ2) is 4.86. The molecule has 0 bridgehead atoms. The van der Waals surface area contributed by atoms with E-state index in [9.17, 15) is 26.4 Å². The van der Waals surface area contributed by atoms with Crippen molar-refractivity contribution in [2.24, 2.45) is 5.92 Å². The number of Topliss-reactive ketones (excluding diaryl/α,β-unsaturated/α-hetero) is 1. The van der Waals surface area contributed by atoms with Gasteiger partial charge in [0.1, 0.15) is 0 Å². The molecule has 0 N–H and O–H groups in total. The molecule has 4 nitrogen and oxygen atoms in total. The molecule has 1 aliphatic rings. The fourth-order valence-corrected chi connectivity index (χ4v) is 4.52. The number of rotatable bonds is 3. The fraction of sp³-hybridized carbons (Fsp3) is 0.600. The van der Waals surface area contributed by atoms with E-state index in [-0.39, 0.29) is 28.7 Å². The molecule has 2 heterocycles. The van der Waals surface area contributed by atoms with Gasteiger partial charge in [0.05, 0.1) is 16.4 Å². The van der Waals surface area contributed by atoms with E-state index >= 15 is 0 Å². The van der Waals surface area contributed by atoms with Crippen LogP contribution in [0.5, 0.6) is 0 Å². The predicted octanol–water partition coefficient (Wildman–Crippen LogP) is 2.17. The second-order valence-corrected chi connectivity index (χ2v) is 7.68. The van der Waals surface area contributed by atoms with E-state index in [1.54, 1.807) is 0 Å². The lowest BCUT2D eigenvalue weighted by atomic mass is 10.0. The summed E-state index contributed by atoms with van der Waals surface area (Å²) in [6, 6.07) is 0. The third kappa shape index (κ3) is 3.53. The summed E-state index contributed by atoms with van der Waals surface area (Å²) in [6.45, 7) is 0. The van der Waals surface area contributed by atoms with E-state index in [1.165, 1.54) is 0 Å². The third-order valence-corrected chi connectivity index (χ3v) is 5.74. The van der Waals surface area contributed by atoms with E-state index < -0.39 is 26.8 Å². The van der Waals surface area contributed by atoms with E-state index in [0.29, 0.717) is 17.8 Å². The SMILES string of the molecule is O=C(CC1CCS(=O)(=O)C1)c1cnc(C(F)(F)F)s1. The van der Waals surface area contributed by atoms with Crippen molar-refractivity contribution in [1.82, 2.24) is 4.98 Å². The van der Waals surface area contributed by atoms with Crippen molar-refractivity contribution < 1.29 is 26.4 Å². The van der Waals surface area contributed by atoms with Gasteiger partial charge < -0.3 is 0 Å². The van der Waals surface area contributed by atoms with Crippen molar-refractivity contribution in [2.45, 2.75) is 19.0 Å². The molecule has 0 saturated carbocycles. The van der Waals surface area contributed by atoms with Crippen LogP contribution in [0.2, 0.25) is 0 Å². The number of ketones is 1. The first-order chi connectivity index (χ1) is 8.67. The van der Waals surface area contributed by atoms with Gasteiger partial charge in [-0.25, -0.2) is 13.4 Å². The molecule has 0 aromatic carbocycles. The molecule has 0 spiro atoms. The minimum Gasteiger partial charge on any atom is -0.293 e. The van der Waals surface area contributed by atoms with Gasteiger partial charge in [-0.3, -0.25) is 4.79 Å². The van der Waals surface area contributed by atoms with E-state index in [1.807, 2.05) is 0 Å². The molecule has 1 aromatic heterocycles. The van der Waals surface area contributed by atoms with Crippen molar-refractivity contribution in [3.8, 4) is 0 Å². The van der Waals surface area contributed by atoms with Crippen LogP contribution in [0.15, 0.2) is 6.20 Å². The minimum atomic E-state index is -4.56. The van der Waals surface area contributed by atoms with Gasteiger partial charge in [-0.1, -0.05) is 0 Å². The highest BCUT2D eigenvalue weighted by Crippen LogP contribution is 2.33. The maximum Gasteiger partial charge on any atom is 0.443 e. The highest BCUT2D eigenvalue weighted by atomic mass is 32.2. The molecule has 106 valence electrons. The molecular formula is C10H10F3NO3S2. The monoisotopic (exact) mass is 313 g/mol. The first kappa shape index (κ1) is 14.4. The van der Waals surface area contributed by atoms with Crippen LogP contribution in [0.3, 0.4) is 0 Å². The van der Waals surface area contributed by atoms with E-state index in [0.717, 1.165) is 6.20 Å². The molecule has 1 unspecified atom stereocenters. The van der Waals surface area contributed by atoms with Crippen LogP contribution in [0.1, 0.15) is 27.5 Å². The lowest BCUT2D eigenvalue weighted by Gasteiger charge is -2.04. The maximum absolute atomic E-state index is 12.3. The fourth-order valence-electron chi connectivity index (χ4n) is 1.93. The van der Waals surface area contributed by atoms with Gasteiger partial charge >= 0.3 is 6.18 Å². The van der Waals surface area contributed by atoms with Crippen molar-refractivity contribution >= 4 is 27.0 Å². The Morgan fingerprint density at radius 2 is 2.16 bits per heavy atom.